The van der Waals surface area contributed by atoms with Gasteiger partial charge in [0.05, 0.1) is 26.9 Å². The lowest BCUT2D eigenvalue weighted by Crippen LogP contribution is -2.26. The Hall–Kier alpha value is -2.06. The molecule has 1 unspecified atom stereocenters. The standard InChI is InChI=1S/C20H22ClNO6.ClH/c1-23-16-7-12(21)8-17(24-2)20(16)25-6-5-22-9-18-13-3-4-15-19(28-11-27-15)14(13)10-26-18;/h3-4,7-8,18,22H,5-6,9-11H2,1-2H3;1H. The van der Waals surface area contributed by atoms with Crippen molar-refractivity contribution in [1.82, 2.24) is 5.32 Å². The van der Waals surface area contributed by atoms with Gasteiger partial charge in [-0.1, -0.05) is 17.7 Å². The maximum atomic E-state index is 6.05. The van der Waals surface area contributed by atoms with Crippen molar-refractivity contribution in [3.05, 3.63) is 40.4 Å². The lowest BCUT2D eigenvalue weighted by Gasteiger charge is -2.16. The Balaban J connectivity index is 0.00000240. The Bertz CT molecular complexity index is 838. The van der Waals surface area contributed by atoms with Gasteiger partial charge in [-0.15, -0.1) is 12.4 Å². The average molecular weight is 444 g/mol. The van der Waals surface area contributed by atoms with Crippen LogP contribution in [0.2, 0.25) is 5.02 Å². The summed E-state index contributed by atoms with van der Waals surface area (Å²) in [6, 6.07) is 7.37. The predicted octanol–water partition coefficient (Wildman–Crippen LogP) is 3.75. The van der Waals surface area contributed by atoms with Gasteiger partial charge in [0.15, 0.2) is 23.0 Å². The number of hydrogen-bond donors (Lipinski definition) is 1. The van der Waals surface area contributed by atoms with E-state index >= 15 is 0 Å². The van der Waals surface area contributed by atoms with Crippen LogP contribution in [0.3, 0.4) is 0 Å². The number of methoxy groups -OCH3 is 2. The quantitative estimate of drug-likeness (QED) is 0.623. The molecule has 4 rings (SSSR count). The zero-order chi connectivity index (χ0) is 19.5. The Morgan fingerprint density at radius 2 is 1.90 bits per heavy atom. The van der Waals surface area contributed by atoms with Gasteiger partial charge in [0.1, 0.15) is 6.61 Å². The van der Waals surface area contributed by atoms with Crippen LogP contribution < -0.4 is 29.0 Å². The summed E-state index contributed by atoms with van der Waals surface area (Å²) in [7, 11) is 3.13. The topological polar surface area (TPSA) is 67.4 Å². The third-order valence-corrected chi connectivity index (χ3v) is 4.95. The number of halogens is 2. The Kier molecular flexibility index (Phi) is 7.18. The second kappa shape index (κ2) is 9.63. The van der Waals surface area contributed by atoms with Crippen LogP contribution in [0.5, 0.6) is 28.7 Å². The van der Waals surface area contributed by atoms with E-state index in [9.17, 15) is 0 Å². The van der Waals surface area contributed by atoms with Gasteiger partial charge in [-0.05, 0) is 11.6 Å². The first kappa shape index (κ1) is 21.6. The second-order valence-electron chi connectivity index (χ2n) is 6.36. The lowest BCUT2D eigenvalue weighted by atomic mass is 10.0. The maximum absolute atomic E-state index is 6.05. The summed E-state index contributed by atoms with van der Waals surface area (Å²) < 4.78 is 33.4. The molecule has 0 aliphatic carbocycles. The average Bonchev–Trinajstić information content (AvgIpc) is 3.34. The number of rotatable bonds is 8. The van der Waals surface area contributed by atoms with Crippen LogP contribution in [0, 0.1) is 0 Å². The molecular formula is C20H23Cl2NO6. The predicted molar refractivity (Wildman–Crippen MR) is 110 cm³/mol. The van der Waals surface area contributed by atoms with Crippen LogP contribution in [0.25, 0.3) is 0 Å². The van der Waals surface area contributed by atoms with Crippen molar-refractivity contribution in [3.8, 4) is 28.7 Å². The smallest absolute Gasteiger partial charge is 0.231 e. The van der Waals surface area contributed by atoms with E-state index in [1.807, 2.05) is 12.1 Å². The van der Waals surface area contributed by atoms with E-state index in [0.717, 1.165) is 22.6 Å². The van der Waals surface area contributed by atoms with Gasteiger partial charge in [0.25, 0.3) is 0 Å². The van der Waals surface area contributed by atoms with Crippen LogP contribution >= 0.6 is 24.0 Å². The van der Waals surface area contributed by atoms with Gasteiger partial charge >= 0.3 is 0 Å². The fourth-order valence-corrected chi connectivity index (χ4v) is 3.59. The molecule has 1 atom stereocenters. The lowest BCUT2D eigenvalue weighted by molar-refractivity contribution is 0.0646. The van der Waals surface area contributed by atoms with Crippen molar-refractivity contribution in [2.75, 3.05) is 40.7 Å². The summed E-state index contributed by atoms with van der Waals surface area (Å²) >= 11 is 6.05. The van der Waals surface area contributed by atoms with E-state index in [2.05, 4.69) is 5.32 Å². The molecule has 2 aromatic carbocycles. The van der Waals surface area contributed by atoms with Crippen LogP contribution in [0.4, 0.5) is 0 Å². The van der Waals surface area contributed by atoms with Gasteiger partial charge in [-0.25, -0.2) is 0 Å². The Morgan fingerprint density at radius 1 is 1.14 bits per heavy atom. The van der Waals surface area contributed by atoms with Crippen molar-refractivity contribution < 1.29 is 28.4 Å². The molecule has 0 radical (unpaired) electrons. The van der Waals surface area contributed by atoms with Crippen LogP contribution in [-0.4, -0.2) is 40.7 Å². The summed E-state index contributed by atoms with van der Waals surface area (Å²) in [5.74, 6) is 3.20. The molecule has 0 spiro atoms. The molecule has 0 bridgehead atoms. The van der Waals surface area contributed by atoms with Crippen molar-refractivity contribution in [3.63, 3.8) is 0 Å². The molecule has 2 heterocycles. The number of benzene rings is 2. The SMILES string of the molecule is COc1cc(Cl)cc(OC)c1OCCNCC1OCc2c1ccc1c2OCO1.Cl. The van der Waals surface area contributed by atoms with Gasteiger partial charge < -0.3 is 33.7 Å². The van der Waals surface area contributed by atoms with E-state index in [1.165, 1.54) is 0 Å². The fourth-order valence-electron chi connectivity index (χ4n) is 3.39. The first-order valence-electron chi connectivity index (χ1n) is 8.99. The molecule has 0 amide bonds. The van der Waals surface area contributed by atoms with Crippen molar-refractivity contribution in [2.24, 2.45) is 0 Å². The molecule has 158 valence electrons. The van der Waals surface area contributed by atoms with E-state index in [-0.39, 0.29) is 25.3 Å². The van der Waals surface area contributed by atoms with Crippen LogP contribution in [0.15, 0.2) is 24.3 Å². The number of fused-ring (bicyclic) bond motifs is 3. The highest BCUT2D eigenvalue weighted by molar-refractivity contribution is 6.31. The van der Waals surface area contributed by atoms with Gasteiger partial charge in [-0.3, -0.25) is 0 Å². The van der Waals surface area contributed by atoms with Crippen molar-refractivity contribution in [2.45, 2.75) is 12.7 Å². The van der Waals surface area contributed by atoms with E-state index in [1.54, 1.807) is 26.4 Å². The van der Waals surface area contributed by atoms with E-state index in [0.29, 0.717) is 48.6 Å². The summed E-state index contributed by atoms with van der Waals surface area (Å²) in [6.45, 7) is 2.54. The highest BCUT2D eigenvalue weighted by Crippen LogP contribution is 2.44. The maximum Gasteiger partial charge on any atom is 0.231 e. The minimum Gasteiger partial charge on any atom is -0.493 e. The normalized spacial score (nSPS) is 16.2. The highest BCUT2D eigenvalue weighted by Gasteiger charge is 2.30. The van der Waals surface area contributed by atoms with Crippen molar-refractivity contribution in [1.29, 1.82) is 0 Å². The van der Waals surface area contributed by atoms with Gasteiger partial charge in [0, 0.05) is 35.8 Å². The molecule has 2 aliphatic heterocycles. The first-order chi connectivity index (χ1) is 13.7. The number of ether oxygens (including phenoxy) is 6. The van der Waals surface area contributed by atoms with Crippen molar-refractivity contribution >= 4 is 24.0 Å². The third kappa shape index (κ3) is 4.43. The van der Waals surface area contributed by atoms with Gasteiger partial charge in [0.2, 0.25) is 12.5 Å². The molecule has 0 saturated carbocycles. The number of hydrogen-bond acceptors (Lipinski definition) is 7. The molecule has 2 aromatic rings. The molecule has 0 aromatic heterocycles. The van der Waals surface area contributed by atoms with Crippen LogP contribution in [0.1, 0.15) is 17.2 Å². The fraction of sp³-hybridized carbons (Fsp3) is 0.400. The van der Waals surface area contributed by atoms with Crippen LogP contribution in [-0.2, 0) is 11.3 Å². The summed E-state index contributed by atoms with van der Waals surface area (Å²) in [6.07, 6.45) is -0.0240. The molecule has 29 heavy (non-hydrogen) atoms. The molecule has 0 saturated heterocycles. The van der Waals surface area contributed by atoms with E-state index in [4.69, 9.17) is 40.0 Å². The Morgan fingerprint density at radius 3 is 2.62 bits per heavy atom. The third-order valence-electron chi connectivity index (χ3n) is 4.73. The molecule has 1 N–H and O–H groups in total. The minimum atomic E-state index is -0.0240. The molecule has 0 fully saturated rings. The highest BCUT2D eigenvalue weighted by atomic mass is 35.5. The molecular weight excluding hydrogens is 421 g/mol. The zero-order valence-electron chi connectivity index (χ0n) is 16.2. The summed E-state index contributed by atoms with van der Waals surface area (Å²) in [5, 5.41) is 3.89. The second-order valence-corrected chi connectivity index (χ2v) is 6.80. The van der Waals surface area contributed by atoms with E-state index < -0.39 is 0 Å². The molecule has 9 heteroatoms. The molecule has 2 aliphatic rings. The summed E-state index contributed by atoms with van der Waals surface area (Å²) in [5.41, 5.74) is 2.22. The minimum absolute atomic E-state index is 0. The van der Waals surface area contributed by atoms with Gasteiger partial charge in [-0.2, -0.15) is 0 Å². The monoisotopic (exact) mass is 443 g/mol. The first-order valence-corrected chi connectivity index (χ1v) is 9.37. The largest absolute Gasteiger partial charge is 0.493 e. The molecule has 7 nitrogen and oxygen atoms in total. The number of nitrogens with one attached hydrogen (secondary N) is 1. The Labute approximate surface area is 180 Å². The zero-order valence-corrected chi connectivity index (χ0v) is 17.7. The summed E-state index contributed by atoms with van der Waals surface area (Å²) in [4.78, 5) is 0.